The zero-order valence-electron chi connectivity index (χ0n) is 39.0. The van der Waals surface area contributed by atoms with Crippen LogP contribution < -0.4 is 9.80 Å². The van der Waals surface area contributed by atoms with Crippen LogP contribution in [0.2, 0.25) is 0 Å². The Morgan fingerprint density at radius 1 is 0.548 bits per heavy atom. The van der Waals surface area contributed by atoms with Crippen molar-refractivity contribution in [2.45, 2.75) is 105 Å². The Bertz CT molecular complexity index is 2550. The predicted molar refractivity (Wildman–Crippen MR) is 266 cm³/mol. The van der Waals surface area contributed by atoms with E-state index in [1.165, 1.54) is 80.0 Å². The first kappa shape index (κ1) is 42.1. The molecule has 4 aliphatic rings. The summed E-state index contributed by atoms with van der Waals surface area (Å²) in [4.78, 5) is 5.17. The van der Waals surface area contributed by atoms with Crippen molar-refractivity contribution in [1.29, 1.82) is 0 Å². The number of piperidine rings is 2. The second-order valence-corrected chi connectivity index (χ2v) is 20.8. The molecule has 5 aromatic carbocycles. The minimum absolute atomic E-state index is 0.0554. The topological polar surface area (TPSA) is 12.5 Å². The van der Waals surface area contributed by atoms with Crippen molar-refractivity contribution in [3.63, 3.8) is 0 Å². The van der Waals surface area contributed by atoms with Gasteiger partial charge in [-0.1, -0.05) is 101 Å². The summed E-state index contributed by atoms with van der Waals surface area (Å²) < 4.78 is 5.44. The smallest absolute Gasteiger partial charge is 0.353 e. The highest BCUT2D eigenvalue weighted by Gasteiger charge is 2.55. The lowest BCUT2D eigenvalue weighted by molar-refractivity contribution is -0.706. The number of rotatable bonds is 10. The van der Waals surface area contributed by atoms with E-state index in [-0.39, 0.29) is 17.0 Å². The highest BCUT2D eigenvalue weighted by Crippen LogP contribution is 2.48. The van der Waals surface area contributed by atoms with Gasteiger partial charge in [0.2, 0.25) is 11.4 Å². The number of benzene rings is 5. The van der Waals surface area contributed by atoms with Crippen LogP contribution in [0.4, 0.5) is 22.7 Å². The number of fused-ring (bicyclic) bond motifs is 4. The fourth-order valence-corrected chi connectivity index (χ4v) is 12.0. The van der Waals surface area contributed by atoms with Crippen molar-refractivity contribution >= 4 is 57.1 Å². The molecule has 0 amide bonds. The molecular weight excluding hydrogens is 753 g/mol. The van der Waals surface area contributed by atoms with Crippen molar-refractivity contribution in [3.8, 4) is 0 Å². The highest BCUT2D eigenvalue weighted by molar-refractivity contribution is 6.09. The van der Waals surface area contributed by atoms with Gasteiger partial charge in [-0.3, -0.25) is 0 Å². The van der Waals surface area contributed by atoms with E-state index in [2.05, 4.69) is 215 Å². The van der Waals surface area contributed by atoms with Gasteiger partial charge in [-0.2, -0.15) is 0 Å². The first-order valence-electron chi connectivity index (χ1n) is 23.8. The van der Waals surface area contributed by atoms with Crippen LogP contribution in [0.25, 0.3) is 22.9 Å². The molecule has 62 heavy (non-hydrogen) atoms. The Hall–Kier alpha value is -5.22. The van der Waals surface area contributed by atoms with Crippen LogP contribution in [0.5, 0.6) is 0 Å². The van der Waals surface area contributed by atoms with Gasteiger partial charge in [0.15, 0.2) is 11.4 Å². The standard InChI is InChI=1S/C58H70N4/c1-10-15-55(61-51-19-14-13-18-50(51)57(6,7)53(61)32-24-44-20-27-47(28-21-44)59-36-40(2)34-41(3)37-59)62-52-31-26-46-16-11-12-17-49(46)56(52)58(8,9)54(62)33-25-45-22-29-48(30-23-45)60-38-42(4)35-43(5)39-60/h11-14,16-33,40-43,55H,10,15,34-39H2,1-9H3/q+2. The molecule has 5 aromatic rings. The largest absolute Gasteiger partial charge is 0.371 e. The van der Waals surface area contributed by atoms with Crippen molar-refractivity contribution < 1.29 is 9.15 Å². The highest BCUT2D eigenvalue weighted by atomic mass is 15.3. The van der Waals surface area contributed by atoms with Crippen molar-refractivity contribution in [3.05, 3.63) is 144 Å². The summed E-state index contributed by atoms with van der Waals surface area (Å²) in [5, 5.41) is 2.64. The van der Waals surface area contributed by atoms with E-state index in [4.69, 9.17) is 0 Å². The normalized spacial score (nSPS) is 23.8. The summed E-state index contributed by atoms with van der Waals surface area (Å²) >= 11 is 0. The molecule has 0 saturated carbocycles. The van der Waals surface area contributed by atoms with Gasteiger partial charge in [-0.25, -0.2) is 0 Å². The predicted octanol–water partition coefficient (Wildman–Crippen LogP) is 13.8. The zero-order chi connectivity index (χ0) is 43.3. The first-order valence-corrected chi connectivity index (χ1v) is 23.8. The maximum Gasteiger partial charge on any atom is 0.353 e. The molecule has 0 bridgehead atoms. The molecule has 320 valence electrons. The maximum atomic E-state index is 2.73. The number of hydrogen-bond acceptors (Lipinski definition) is 2. The number of anilines is 2. The molecule has 0 aliphatic carbocycles. The second kappa shape index (κ2) is 16.8. The maximum absolute atomic E-state index is 2.73. The Morgan fingerprint density at radius 2 is 1.03 bits per heavy atom. The summed E-state index contributed by atoms with van der Waals surface area (Å²) in [6.07, 6.45) is 14.4. The SMILES string of the molecule is CCCC([N+]1=C(/C=C/c2ccc(N3CC(C)CC(C)C3)cc2)C(C)(C)c2ccccc21)[N+]1=C(/C=C/c2ccc(N3CC(C)CC(C)C3)cc2)C(C)(C)c2c1ccc1ccccc21. The van der Waals surface area contributed by atoms with E-state index in [1.807, 2.05) is 0 Å². The quantitative estimate of drug-likeness (QED) is 0.130. The lowest BCUT2D eigenvalue weighted by atomic mass is 9.79. The molecule has 9 rings (SSSR count). The van der Waals surface area contributed by atoms with Gasteiger partial charge in [-0.15, -0.1) is 9.15 Å². The molecule has 5 atom stereocenters. The van der Waals surface area contributed by atoms with E-state index in [1.54, 1.807) is 0 Å². The monoisotopic (exact) mass is 823 g/mol. The lowest BCUT2D eigenvalue weighted by Crippen LogP contribution is -2.40. The third-order valence-corrected chi connectivity index (χ3v) is 14.7. The summed E-state index contributed by atoms with van der Waals surface area (Å²) in [7, 11) is 0. The summed E-state index contributed by atoms with van der Waals surface area (Å²) in [5.41, 5.74) is 12.8. The van der Waals surface area contributed by atoms with Gasteiger partial charge < -0.3 is 9.80 Å². The van der Waals surface area contributed by atoms with Crippen LogP contribution >= 0.6 is 0 Å². The van der Waals surface area contributed by atoms with E-state index in [9.17, 15) is 0 Å². The minimum Gasteiger partial charge on any atom is -0.371 e. The number of hydrogen-bond donors (Lipinski definition) is 0. The molecular formula is C58H70N4+2. The van der Waals surface area contributed by atoms with E-state index < -0.39 is 0 Å². The number of allylic oxidation sites excluding steroid dienone is 2. The third kappa shape index (κ3) is 7.77. The summed E-state index contributed by atoms with van der Waals surface area (Å²) in [6, 6.07) is 41.6. The second-order valence-electron chi connectivity index (χ2n) is 20.8. The number of nitrogens with zero attached hydrogens (tertiary/aromatic N) is 4. The first-order chi connectivity index (χ1) is 29.8. The van der Waals surface area contributed by atoms with Gasteiger partial charge in [0.1, 0.15) is 0 Å². The zero-order valence-corrected chi connectivity index (χ0v) is 39.0. The van der Waals surface area contributed by atoms with Crippen molar-refractivity contribution in [2.24, 2.45) is 23.7 Å². The average molecular weight is 823 g/mol. The molecule has 4 nitrogen and oxygen atoms in total. The van der Waals surface area contributed by atoms with E-state index in [0.29, 0.717) is 0 Å². The third-order valence-electron chi connectivity index (χ3n) is 14.7. The molecule has 0 N–H and O–H groups in total. The molecule has 2 saturated heterocycles. The summed E-state index contributed by atoms with van der Waals surface area (Å²) in [6.45, 7) is 26.2. The van der Waals surface area contributed by atoms with Crippen molar-refractivity contribution in [1.82, 2.24) is 0 Å². The average Bonchev–Trinajstić information content (AvgIpc) is 3.62. The van der Waals surface area contributed by atoms with Gasteiger partial charge in [0.25, 0.3) is 0 Å². The molecule has 5 unspecified atom stereocenters. The molecule has 0 aromatic heterocycles. The fourth-order valence-electron chi connectivity index (χ4n) is 12.0. The van der Waals surface area contributed by atoms with E-state index >= 15 is 0 Å². The molecule has 4 aliphatic heterocycles. The minimum atomic E-state index is -0.241. The molecule has 4 heterocycles. The Morgan fingerprint density at radius 3 is 1.58 bits per heavy atom. The van der Waals surface area contributed by atoms with Crippen LogP contribution in [-0.4, -0.2) is 52.9 Å². The Balaban J connectivity index is 1.16. The van der Waals surface area contributed by atoms with Gasteiger partial charge >= 0.3 is 6.17 Å². The van der Waals surface area contributed by atoms with Crippen LogP contribution in [0.1, 0.15) is 110 Å². The van der Waals surface area contributed by atoms with Crippen molar-refractivity contribution in [2.75, 3.05) is 36.0 Å². The number of para-hydroxylation sites is 1. The van der Waals surface area contributed by atoms with Crippen LogP contribution in [-0.2, 0) is 10.8 Å². The van der Waals surface area contributed by atoms with Crippen LogP contribution in [0.3, 0.4) is 0 Å². The van der Waals surface area contributed by atoms with Crippen LogP contribution in [0, 0.1) is 23.7 Å². The summed E-state index contributed by atoms with van der Waals surface area (Å²) in [5.74, 6) is 2.91. The molecule has 0 spiro atoms. The Kier molecular flexibility index (Phi) is 11.4. The van der Waals surface area contributed by atoms with Crippen LogP contribution in [0.15, 0.2) is 121 Å². The molecule has 2 fully saturated rings. The molecule has 4 heteroatoms. The van der Waals surface area contributed by atoms with Gasteiger partial charge in [0, 0.05) is 73.0 Å². The van der Waals surface area contributed by atoms with Gasteiger partial charge in [-0.05, 0) is 135 Å². The lowest BCUT2D eigenvalue weighted by Gasteiger charge is -2.36. The van der Waals surface area contributed by atoms with Gasteiger partial charge in [0.05, 0.1) is 17.3 Å². The molecule has 0 radical (unpaired) electrons. The van der Waals surface area contributed by atoms with E-state index in [0.717, 1.165) is 62.7 Å². The Labute approximate surface area is 373 Å². The fraction of sp³-hybridized carbons (Fsp3) is 0.414.